The quantitative estimate of drug-likeness (QED) is 0.183. The summed E-state index contributed by atoms with van der Waals surface area (Å²) in [6.45, 7) is 4.38. The number of aromatic hydroxyl groups is 1. The lowest BCUT2D eigenvalue weighted by atomic mass is 10.0. The first-order valence-corrected chi connectivity index (χ1v) is 13.0. The first-order chi connectivity index (χ1) is 19.1. The van der Waals surface area contributed by atoms with Crippen molar-refractivity contribution in [2.75, 3.05) is 41.9 Å². The SMILES string of the molecule is CCCc1cc(Nc2cccc(-c3cccc(O)c3)c2)ccc1/C=N/Nc1ncc(F)c(N2CCOCC2)n1. The Balaban J connectivity index is 1.29. The first kappa shape index (κ1) is 26.1. The average molecular weight is 527 g/mol. The van der Waals surface area contributed by atoms with Gasteiger partial charge in [0, 0.05) is 24.5 Å². The van der Waals surface area contributed by atoms with Crippen LogP contribution in [0.15, 0.2) is 78.0 Å². The molecule has 0 saturated carbocycles. The summed E-state index contributed by atoms with van der Waals surface area (Å²) in [5, 5.41) is 17.6. The third-order valence-corrected chi connectivity index (χ3v) is 6.40. The zero-order valence-electron chi connectivity index (χ0n) is 21.8. The summed E-state index contributed by atoms with van der Waals surface area (Å²) in [7, 11) is 0. The fraction of sp³-hybridized carbons (Fsp3) is 0.233. The van der Waals surface area contributed by atoms with E-state index in [2.05, 4.69) is 44.9 Å². The van der Waals surface area contributed by atoms with E-state index in [1.165, 1.54) is 0 Å². The maximum absolute atomic E-state index is 14.3. The van der Waals surface area contributed by atoms with Gasteiger partial charge in [0.05, 0.1) is 25.6 Å². The molecule has 5 rings (SSSR count). The predicted octanol–water partition coefficient (Wildman–Crippen LogP) is 5.97. The van der Waals surface area contributed by atoms with Crippen LogP contribution in [-0.4, -0.2) is 47.6 Å². The molecule has 0 spiro atoms. The number of ether oxygens (including phenoxy) is 1. The number of aryl methyl sites for hydroxylation is 1. The number of hydrazone groups is 1. The second kappa shape index (κ2) is 12.4. The fourth-order valence-corrected chi connectivity index (χ4v) is 4.49. The lowest BCUT2D eigenvalue weighted by molar-refractivity contribution is 0.122. The van der Waals surface area contributed by atoms with Crippen molar-refractivity contribution in [1.82, 2.24) is 9.97 Å². The van der Waals surface area contributed by atoms with Crippen LogP contribution in [0.2, 0.25) is 0 Å². The Morgan fingerprint density at radius 2 is 1.79 bits per heavy atom. The normalized spacial score (nSPS) is 13.5. The third kappa shape index (κ3) is 6.69. The molecule has 1 aliphatic rings. The van der Waals surface area contributed by atoms with Gasteiger partial charge in [-0.05, 0) is 65.1 Å². The van der Waals surface area contributed by atoms with Gasteiger partial charge in [0.1, 0.15) is 5.75 Å². The highest BCUT2D eigenvalue weighted by molar-refractivity contribution is 5.83. The monoisotopic (exact) mass is 526 g/mol. The van der Waals surface area contributed by atoms with Crippen LogP contribution in [0.25, 0.3) is 11.1 Å². The van der Waals surface area contributed by atoms with Gasteiger partial charge in [-0.25, -0.2) is 14.8 Å². The second-order valence-electron chi connectivity index (χ2n) is 9.25. The molecular formula is C30H31FN6O2. The third-order valence-electron chi connectivity index (χ3n) is 6.40. The van der Waals surface area contributed by atoms with Gasteiger partial charge < -0.3 is 20.1 Å². The Kier molecular flexibility index (Phi) is 8.28. The number of benzene rings is 3. The molecule has 1 aromatic heterocycles. The molecule has 0 radical (unpaired) electrons. The van der Waals surface area contributed by atoms with Crippen molar-refractivity contribution >= 4 is 29.4 Å². The molecular weight excluding hydrogens is 495 g/mol. The molecule has 0 bridgehead atoms. The average Bonchev–Trinajstić information content (AvgIpc) is 2.96. The van der Waals surface area contributed by atoms with Crippen LogP contribution in [0.4, 0.5) is 27.5 Å². The van der Waals surface area contributed by atoms with Gasteiger partial charge in [-0.15, -0.1) is 0 Å². The molecule has 3 aromatic carbocycles. The van der Waals surface area contributed by atoms with Crippen LogP contribution in [0, 0.1) is 5.82 Å². The van der Waals surface area contributed by atoms with Crippen molar-refractivity contribution < 1.29 is 14.2 Å². The second-order valence-corrected chi connectivity index (χ2v) is 9.25. The molecule has 1 fully saturated rings. The molecule has 4 aromatic rings. The molecule has 0 atom stereocenters. The van der Waals surface area contributed by atoms with E-state index in [1.807, 2.05) is 47.4 Å². The molecule has 0 unspecified atom stereocenters. The topological polar surface area (TPSA) is 94.9 Å². The Morgan fingerprint density at radius 1 is 1.03 bits per heavy atom. The Hall–Kier alpha value is -4.50. The number of halogens is 1. The van der Waals surface area contributed by atoms with E-state index in [-0.39, 0.29) is 17.5 Å². The number of hydrogen-bond donors (Lipinski definition) is 3. The van der Waals surface area contributed by atoms with Crippen LogP contribution in [0.3, 0.4) is 0 Å². The summed E-state index contributed by atoms with van der Waals surface area (Å²) in [5.41, 5.74) is 8.83. The van der Waals surface area contributed by atoms with Gasteiger partial charge in [0.25, 0.3) is 0 Å². The molecule has 1 saturated heterocycles. The molecule has 0 amide bonds. The predicted molar refractivity (Wildman–Crippen MR) is 154 cm³/mol. The zero-order chi connectivity index (χ0) is 27.0. The highest BCUT2D eigenvalue weighted by Gasteiger charge is 2.17. The first-order valence-electron chi connectivity index (χ1n) is 13.0. The van der Waals surface area contributed by atoms with Crippen LogP contribution in [0.1, 0.15) is 24.5 Å². The zero-order valence-corrected chi connectivity index (χ0v) is 21.8. The van der Waals surface area contributed by atoms with E-state index in [0.717, 1.165) is 52.7 Å². The minimum absolute atomic E-state index is 0.232. The molecule has 1 aliphatic heterocycles. The van der Waals surface area contributed by atoms with Crippen molar-refractivity contribution in [3.63, 3.8) is 0 Å². The van der Waals surface area contributed by atoms with Gasteiger partial charge in [0.2, 0.25) is 5.95 Å². The van der Waals surface area contributed by atoms with Crippen molar-refractivity contribution in [2.24, 2.45) is 5.10 Å². The van der Waals surface area contributed by atoms with Crippen molar-refractivity contribution in [3.8, 4) is 16.9 Å². The number of rotatable bonds is 9. The molecule has 9 heteroatoms. The van der Waals surface area contributed by atoms with E-state index < -0.39 is 5.82 Å². The summed E-state index contributed by atoms with van der Waals surface area (Å²) in [4.78, 5) is 10.2. The van der Waals surface area contributed by atoms with Crippen LogP contribution in [0.5, 0.6) is 5.75 Å². The number of hydrogen-bond acceptors (Lipinski definition) is 8. The molecule has 8 nitrogen and oxygen atoms in total. The number of morpholine rings is 1. The molecule has 39 heavy (non-hydrogen) atoms. The van der Waals surface area contributed by atoms with Crippen LogP contribution >= 0.6 is 0 Å². The van der Waals surface area contributed by atoms with E-state index in [0.29, 0.717) is 26.3 Å². The minimum atomic E-state index is -0.466. The van der Waals surface area contributed by atoms with Crippen LogP contribution in [-0.2, 0) is 11.2 Å². The van der Waals surface area contributed by atoms with Crippen molar-refractivity contribution in [2.45, 2.75) is 19.8 Å². The Morgan fingerprint density at radius 3 is 2.59 bits per heavy atom. The molecule has 200 valence electrons. The lowest BCUT2D eigenvalue weighted by Gasteiger charge is -2.27. The standard InChI is InChI=1S/C30H31FN6O2/c1-2-5-21-16-26(34-25-8-3-6-22(17-25)23-7-4-9-27(38)18-23)11-10-24(21)19-33-36-30-32-20-28(31)29(35-30)37-12-14-39-15-13-37/h3-4,6-11,16-20,34,38H,2,5,12-15H2,1H3,(H,32,35,36)/b33-19+. The van der Waals surface area contributed by atoms with Gasteiger partial charge in [-0.1, -0.05) is 43.7 Å². The minimum Gasteiger partial charge on any atom is -0.508 e. The summed E-state index contributed by atoms with van der Waals surface area (Å²) in [6, 6.07) is 21.4. The maximum atomic E-state index is 14.3. The highest BCUT2D eigenvalue weighted by Crippen LogP contribution is 2.28. The van der Waals surface area contributed by atoms with E-state index >= 15 is 0 Å². The number of nitrogens with one attached hydrogen (secondary N) is 2. The van der Waals surface area contributed by atoms with Gasteiger partial charge >= 0.3 is 0 Å². The maximum Gasteiger partial charge on any atom is 0.245 e. The number of nitrogens with zero attached hydrogens (tertiary/aromatic N) is 4. The van der Waals surface area contributed by atoms with E-state index in [1.54, 1.807) is 18.3 Å². The fourth-order valence-electron chi connectivity index (χ4n) is 4.49. The Bertz CT molecular complexity index is 1460. The van der Waals surface area contributed by atoms with Crippen molar-refractivity contribution in [3.05, 3.63) is 89.9 Å². The van der Waals surface area contributed by atoms with Gasteiger partial charge in [0.15, 0.2) is 11.6 Å². The smallest absolute Gasteiger partial charge is 0.245 e. The molecule has 2 heterocycles. The van der Waals surface area contributed by atoms with E-state index in [9.17, 15) is 9.50 Å². The van der Waals surface area contributed by atoms with Crippen molar-refractivity contribution in [1.29, 1.82) is 0 Å². The summed E-state index contributed by atoms with van der Waals surface area (Å²) in [6.07, 6.45) is 4.76. The molecule has 0 aliphatic carbocycles. The number of phenols is 1. The van der Waals surface area contributed by atoms with E-state index in [4.69, 9.17) is 4.74 Å². The number of aromatic nitrogens is 2. The Labute approximate surface area is 227 Å². The van der Waals surface area contributed by atoms with Gasteiger partial charge in [-0.2, -0.15) is 10.1 Å². The summed E-state index contributed by atoms with van der Waals surface area (Å²) >= 11 is 0. The van der Waals surface area contributed by atoms with Gasteiger partial charge in [-0.3, -0.25) is 0 Å². The lowest BCUT2D eigenvalue weighted by Crippen LogP contribution is -2.37. The number of anilines is 4. The largest absolute Gasteiger partial charge is 0.508 e. The summed E-state index contributed by atoms with van der Waals surface area (Å²) < 4.78 is 19.7. The highest BCUT2D eigenvalue weighted by atomic mass is 19.1. The molecule has 3 N–H and O–H groups in total. The number of phenolic OH excluding ortho intramolecular Hbond substituents is 1. The summed E-state index contributed by atoms with van der Waals surface area (Å²) in [5.74, 6) is 0.259. The van der Waals surface area contributed by atoms with Crippen LogP contribution < -0.4 is 15.6 Å².